The molecule has 0 aliphatic carbocycles. The number of hydrogen-bond donors (Lipinski definition) is 2. The predicted molar refractivity (Wildman–Crippen MR) is 79.7 cm³/mol. The number of carbonyl (C=O) groups excluding carboxylic acids is 1. The molecule has 1 aromatic rings. The van der Waals surface area contributed by atoms with Gasteiger partial charge in [-0.25, -0.2) is 0 Å². The molecular weight excluding hydrogens is 252 g/mol. The summed E-state index contributed by atoms with van der Waals surface area (Å²) in [5.74, 6) is 0.319. The van der Waals surface area contributed by atoms with E-state index in [-0.39, 0.29) is 5.91 Å². The second kappa shape index (κ2) is 6.86. The maximum atomic E-state index is 12.4. The fourth-order valence-electron chi connectivity index (χ4n) is 2.66. The quantitative estimate of drug-likeness (QED) is 0.860. The van der Waals surface area contributed by atoms with Gasteiger partial charge in [0.25, 0.3) is 5.91 Å². The summed E-state index contributed by atoms with van der Waals surface area (Å²) in [6.45, 7) is 4.42. The fourth-order valence-corrected chi connectivity index (χ4v) is 2.66. The summed E-state index contributed by atoms with van der Waals surface area (Å²) >= 11 is 0. The Balaban J connectivity index is 1.91. The highest BCUT2D eigenvalue weighted by Gasteiger charge is 2.39. The van der Waals surface area contributed by atoms with Crippen molar-refractivity contribution in [3.63, 3.8) is 0 Å². The lowest BCUT2D eigenvalue weighted by molar-refractivity contribution is -0.146. The molecule has 1 unspecified atom stereocenters. The molecule has 20 heavy (non-hydrogen) atoms. The van der Waals surface area contributed by atoms with E-state index in [0.717, 1.165) is 25.9 Å². The molecule has 1 aliphatic heterocycles. The van der Waals surface area contributed by atoms with E-state index in [1.807, 2.05) is 18.2 Å². The van der Waals surface area contributed by atoms with Crippen LogP contribution in [-0.4, -0.2) is 38.3 Å². The third kappa shape index (κ3) is 3.38. The van der Waals surface area contributed by atoms with Gasteiger partial charge in [0.2, 0.25) is 0 Å². The molecule has 4 nitrogen and oxygen atoms in total. The van der Waals surface area contributed by atoms with Crippen LogP contribution >= 0.6 is 0 Å². The van der Waals surface area contributed by atoms with Crippen LogP contribution in [0.2, 0.25) is 0 Å². The number of benzene rings is 1. The van der Waals surface area contributed by atoms with E-state index in [2.05, 4.69) is 29.7 Å². The van der Waals surface area contributed by atoms with Crippen molar-refractivity contribution in [2.75, 3.05) is 26.7 Å². The number of nitrogens with one attached hydrogen (secondary N) is 2. The molecule has 1 atom stereocenters. The van der Waals surface area contributed by atoms with Gasteiger partial charge >= 0.3 is 0 Å². The average Bonchev–Trinajstić information content (AvgIpc) is 2.53. The third-order valence-corrected chi connectivity index (χ3v) is 4.15. The second-order valence-electron chi connectivity index (χ2n) is 5.47. The standard InChI is InChI=1S/C16H24N2O2/c1-13(14-6-4-3-5-7-14)12-18-15(19)16(20-2)8-10-17-11-9-16/h3-7,13,17H,8-12H2,1-2H3,(H,18,19). The zero-order valence-electron chi connectivity index (χ0n) is 12.3. The highest BCUT2D eigenvalue weighted by atomic mass is 16.5. The number of piperidine rings is 1. The van der Waals surface area contributed by atoms with E-state index in [1.165, 1.54) is 5.56 Å². The molecule has 110 valence electrons. The molecule has 1 saturated heterocycles. The Morgan fingerprint density at radius 1 is 1.35 bits per heavy atom. The monoisotopic (exact) mass is 276 g/mol. The topological polar surface area (TPSA) is 50.4 Å². The lowest BCUT2D eigenvalue weighted by atomic mass is 9.90. The van der Waals surface area contributed by atoms with Gasteiger partial charge in [-0.15, -0.1) is 0 Å². The van der Waals surface area contributed by atoms with Crippen LogP contribution in [0.3, 0.4) is 0 Å². The molecule has 0 bridgehead atoms. The van der Waals surface area contributed by atoms with Crippen LogP contribution < -0.4 is 10.6 Å². The van der Waals surface area contributed by atoms with Crippen LogP contribution in [0, 0.1) is 0 Å². The van der Waals surface area contributed by atoms with Gasteiger partial charge in [0.15, 0.2) is 0 Å². The molecule has 1 amide bonds. The van der Waals surface area contributed by atoms with Crippen molar-refractivity contribution in [2.24, 2.45) is 0 Å². The normalized spacial score (nSPS) is 19.3. The lowest BCUT2D eigenvalue weighted by Crippen LogP contribution is -2.54. The Hall–Kier alpha value is -1.39. The zero-order valence-corrected chi connectivity index (χ0v) is 12.3. The Morgan fingerprint density at radius 2 is 2.00 bits per heavy atom. The summed E-state index contributed by atoms with van der Waals surface area (Å²) in [4.78, 5) is 12.4. The van der Waals surface area contributed by atoms with Gasteiger partial charge in [0.05, 0.1) is 0 Å². The largest absolute Gasteiger partial charge is 0.368 e. The SMILES string of the molecule is COC1(C(=O)NCC(C)c2ccccc2)CCNCC1. The second-order valence-corrected chi connectivity index (χ2v) is 5.47. The summed E-state index contributed by atoms with van der Waals surface area (Å²) in [6, 6.07) is 10.2. The smallest absolute Gasteiger partial charge is 0.252 e. The van der Waals surface area contributed by atoms with Crippen molar-refractivity contribution in [1.29, 1.82) is 0 Å². The van der Waals surface area contributed by atoms with Crippen molar-refractivity contribution in [2.45, 2.75) is 31.3 Å². The van der Waals surface area contributed by atoms with Crippen molar-refractivity contribution in [3.8, 4) is 0 Å². The Bertz CT molecular complexity index is 427. The Labute approximate surface area is 120 Å². The minimum absolute atomic E-state index is 0.0179. The first-order valence-corrected chi connectivity index (χ1v) is 7.27. The van der Waals surface area contributed by atoms with Gasteiger partial charge < -0.3 is 15.4 Å². The van der Waals surface area contributed by atoms with E-state index >= 15 is 0 Å². The molecule has 2 N–H and O–H groups in total. The first-order chi connectivity index (χ1) is 9.68. The van der Waals surface area contributed by atoms with E-state index in [4.69, 9.17) is 4.74 Å². The first-order valence-electron chi connectivity index (χ1n) is 7.27. The molecule has 4 heteroatoms. The Morgan fingerprint density at radius 3 is 2.60 bits per heavy atom. The first kappa shape index (κ1) is 15.0. The molecule has 0 spiro atoms. The summed E-state index contributed by atoms with van der Waals surface area (Å²) < 4.78 is 5.53. The molecule has 2 rings (SSSR count). The highest BCUT2D eigenvalue weighted by Crippen LogP contribution is 2.23. The zero-order chi connectivity index (χ0) is 14.4. The lowest BCUT2D eigenvalue weighted by Gasteiger charge is -2.35. The van der Waals surface area contributed by atoms with Crippen LogP contribution in [0.1, 0.15) is 31.2 Å². The van der Waals surface area contributed by atoms with E-state index in [9.17, 15) is 4.79 Å². The number of rotatable bonds is 5. The van der Waals surface area contributed by atoms with Gasteiger partial charge in [-0.2, -0.15) is 0 Å². The van der Waals surface area contributed by atoms with Crippen LogP contribution in [0.4, 0.5) is 0 Å². The maximum Gasteiger partial charge on any atom is 0.252 e. The number of ether oxygens (including phenoxy) is 1. The summed E-state index contributed by atoms with van der Waals surface area (Å²) in [5, 5.41) is 6.31. The van der Waals surface area contributed by atoms with Gasteiger partial charge in [-0.1, -0.05) is 37.3 Å². The molecule has 1 aromatic carbocycles. The van der Waals surface area contributed by atoms with Crippen LogP contribution in [-0.2, 0) is 9.53 Å². The van der Waals surface area contributed by atoms with E-state index in [1.54, 1.807) is 7.11 Å². The molecule has 0 saturated carbocycles. The fraction of sp³-hybridized carbons (Fsp3) is 0.562. The molecule has 1 aliphatic rings. The number of hydrogen-bond acceptors (Lipinski definition) is 3. The number of amides is 1. The van der Waals surface area contributed by atoms with Crippen LogP contribution in [0.15, 0.2) is 30.3 Å². The van der Waals surface area contributed by atoms with Crippen molar-refractivity contribution < 1.29 is 9.53 Å². The van der Waals surface area contributed by atoms with E-state index in [0.29, 0.717) is 12.5 Å². The average molecular weight is 276 g/mol. The minimum atomic E-state index is -0.651. The van der Waals surface area contributed by atoms with Crippen molar-refractivity contribution in [1.82, 2.24) is 10.6 Å². The predicted octanol–water partition coefficient (Wildman–Crippen LogP) is 1.67. The highest BCUT2D eigenvalue weighted by molar-refractivity contribution is 5.85. The Kier molecular flexibility index (Phi) is 5.15. The number of methoxy groups -OCH3 is 1. The molecule has 0 aromatic heterocycles. The summed E-state index contributed by atoms with van der Waals surface area (Å²) in [5.41, 5.74) is 0.589. The maximum absolute atomic E-state index is 12.4. The van der Waals surface area contributed by atoms with Crippen molar-refractivity contribution in [3.05, 3.63) is 35.9 Å². The minimum Gasteiger partial charge on any atom is -0.368 e. The van der Waals surface area contributed by atoms with Crippen LogP contribution in [0.5, 0.6) is 0 Å². The van der Waals surface area contributed by atoms with Gasteiger partial charge in [0, 0.05) is 13.7 Å². The molecule has 1 heterocycles. The van der Waals surface area contributed by atoms with Crippen LogP contribution in [0.25, 0.3) is 0 Å². The van der Waals surface area contributed by atoms with E-state index < -0.39 is 5.60 Å². The summed E-state index contributed by atoms with van der Waals surface area (Å²) in [6.07, 6.45) is 1.46. The third-order valence-electron chi connectivity index (χ3n) is 4.15. The summed E-state index contributed by atoms with van der Waals surface area (Å²) in [7, 11) is 1.63. The molecular formula is C16H24N2O2. The molecule has 1 fully saturated rings. The number of carbonyl (C=O) groups is 1. The van der Waals surface area contributed by atoms with Gasteiger partial charge in [-0.05, 0) is 37.4 Å². The van der Waals surface area contributed by atoms with Crippen molar-refractivity contribution >= 4 is 5.91 Å². The van der Waals surface area contributed by atoms with Gasteiger partial charge in [-0.3, -0.25) is 4.79 Å². The van der Waals surface area contributed by atoms with Gasteiger partial charge in [0.1, 0.15) is 5.60 Å². The molecule has 0 radical (unpaired) electrons.